The Hall–Kier alpha value is -0.450. The van der Waals surface area contributed by atoms with Crippen LogP contribution in [-0.2, 0) is 4.79 Å². The molecule has 0 aromatic carbocycles. The summed E-state index contributed by atoms with van der Waals surface area (Å²) in [6, 6.07) is 0.332. The van der Waals surface area contributed by atoms with E-state index in [1.807, 2.05) is 7.05 Å². The highest BCUT2D eigenvalue weighted by molar-refractivity contribution is 5.56. The van der Waals surface area contributed by atoms with Crippen molar-refractivity contribution in [1.29, 1.82) is 0 Å². The standard InChI is InChI=1S/C6H14N2O.C4H6O/c1-8-3-2-7-4-6(8)5-9;5-3-4-1-2-4/h6-7,9H,2-5H2,1H3;3-4H,1-2H2. The van der Waals surface area contributed by atoms with Gasteiger partial charge in [-0.05, 0) is 19.9 Å². The van der Waals surface area contributed by atoms with Crippen LogP contribution in [-0.4, -0.2) is 55.6 Å². The van der Waals surface area contributed by atoms with E-state index in [1.165, 1.54) is 0 Å². The van der Waals surface area contributed by atoms with Crippen LogP contribution < -0.4 is 5.32 Å². The topological polar surface area (TPSA) is 52.6 Å². The minimum absolute atomic E-state index is 0.267. The molecule has 1 unspecified atom stereocenters. The van der Waals surface area contributed by atoms with Crippen LogP contribution in [0.1, 0.15) is 12.8 Å². The van der Waals surface area contributed by atoms with Crippen LogP contribution in [0.25, 0.3) is 0 Å². The maximum Gasteiger partial charge on any atom is 0.123 e. The van der Waals surface area contributed by atoms with Gasteiger partial charge in [0.25, 0.3) is 0 Å². The second-order valence-electron chi connectivity index (χ2n) is 3.99. The van der Waals surface area contributed by atoms with Gasteiger partial charge in [0.2, 0.25) is 0 Å². The lowest BCUT2D eigenvalue weighted by atomic mass is 10.2. The number of nitrogens with one attached hydrogen (secondary N) is 1. The number of aliphatic hydroxyl groups excluding tert-OH is 1. The van der Waals surface area contributed by atoms with Gasteiger partial charge in [0.15, 0.2) is 0 Å². The molecule has 4 heteroatoms. The summed E-state index contributed by atoms with van der Waals surface area (Å²) in [6.45, 7) is 3.29. The number of likely N-dealkylation sites (N-methyl/N-ethyl adjacent to an activating group) is 1. The van der Waals surface area contributed by atoms with Crippen LogP contribution in [0.5, 0.6) is 0 Å². The maximum absolute atomic E-state index is 9.57. The molecular formula is C10H20N2O2. The first-order valence-corrected chi connectivity index (χ1v) is 5.25. The smallest absolute Gasteiger partial charge is 0.123 e. The van der Waals surface area contributed by atoms with Crippen LogP contribution in [0.3, 0.4) is 0 Å². The molecule has 0 aromatic heterocycles. The number of nitrogens with zero attached hydrogens (tertiary/aromatic N) is 1. The van der Waals surface area contributed by atoms with Gasteiger partial charge in [-0.3, -0.25) is 4.90 Å². The molecule has 1 heterocycles. The molecule has 1 saturated carbocycles. The summed E-state index contributed by atoms with van der Waals surface area (Å²) in [5.74, 6) is 0.454. The van der Waals surface area contributed by atoms with Crippen molar-refractivity contribution in [3.8, 4) is 0 Å². The quantitative estimate of drug-likeness (QED) is 0.589. The molecule has 0 bridgehead atoms. The molecule has 0 aromatic rings. The fraction of sp³-hybridized carbons (Fsp3) is 0.900. The monoisotopic (exact) mass is 200 g/mol. The fourth-order valence-electron chi connectivity index (χ4n) is 1.30. The minimum atomic E-state index is 0.267. The van der Waals surface area contributed by atoms with Crippen molar-refractivity contribution in [2.45, 2.75) is 18.9 Å². The third-order valence-electron chi connectivity index (χ3n) is 2.67. The second-order valence-corrected chi connectivity index (χ2v) is 3.99. The molecule has 4 nitrogen and oxygen atoms in total. The number of aldehydes is 1. The summed E-state index contributed by atoms with van der Waals surface area (Å²) < 4.78 is 0. The molecule has 1 aliphatic heterocycles. The van der Waals surface area contributed by atoms with Crippen molar-refractivity contribution in [3.05, 3.63) is 0 Å². The molecule has 14 heavy (non-hydrogen) atoms. The first kappa shape index (κ1) is 11.6. The lowest BCUT2D eigenvalue weighted by molar-refractivity contribution is -0.108. The Morgan fingerprint density at radius 3 is 2.57 bits per heavy atom. The Labute approximate surface area is 85.3 Å². The zero-order chi connectivity index (χ0) is 10.4. The molecule has 0 radical (unpaired) electrons. The van der Waals surface area contributed by atoms with Crippen LogP contribution in [0.15, 0.2) is 0 Å². The van der Waals surface area contributed by atoms with Gasteiger partial charge in [0.05, 0.1) is 6.61 Å². The highest BCUT2D eigenvalue weighted by Gasteiger charge is 2.19. The average Bonchev–Trinajstić information content (AvgIpc) is 3.03. The van der Waals surface area contributed by atoms with Crippen molar-refractivity contribution >= 4 is 6.29 Å². The van der Waals surface area contributed by atoms with Crippen molar-refractivity contribution in [2.75, 3.05) is 33.3 Å². The van der Waals surface area contributed by atoms with Gasteiger partial charge in [0.1, 0.15) is 6.29 Å². The zero-order valence-corrected chi connectivity index (χ0v) is 8.78. The molecular weight excluding hydrogens is 180 g/mol. The molecule has 1 aliphatic carbocycles. The molecule has 2 aliphatic rings. The summed E-state index contributed by atoms with van der Waals surface area (Å²) in [6.07, 6.45) is 3.31. The fourth-order valence-corrected chi connectivity index (χ4v) is 1.30. The summed E-state index contributed by atoms with van der Waals surface area (Å²) in [5.41, 5.74) is 0. The lowest BCUT2D eigenvalue weighted by Crippen LogP contribution is -2.50. The molecule has 2 N–H and O–H groups in total. The van der Waals surface area contributed by atoms with E-state index in [9.17, 15) is 4.79 Å². The van der Waals surface area contributed by atoms with Gasteiger partial charge < -0.3 is 15.2 Å². The Bertz CT molecular complexity index is 172. The van der Waals surface area contributed by atoms with Crippen LogP contribution in [0.2, 0.25) is 0 Å². The van der Waals surface area contributed by atoms with Gasteiger partial charge in [-0.2, -0.15) is 0 Å². The predicted molar refractivity (Wildman–Crippen MR) is 55.2 cm³/mol. The third kappa shape index (κ3) is 4.17. The van der Waals surface area contributed by atoms with Crippen molar-refractivity contribution in [3.63, 3.8) is 0 Å². The van der Waals surface area contributed by atoms with E-state index in [2.05, 4.69) is 10.2 Å². The Morgan fingerprint density at radius 2 is 2.29 bits per heavy atom. The summed E-state index contributed by atoms with van der Waals surface area (Å²) in [5, 5.41) is 12.0. The second kappa shape index (κ2) is 6.11. The first-order valence-electron chi connectivity index (χ1n) is 5.25. The number of hydrogen-bond acceptors (Lipinski definition) is 4. The predicted octanol–water partition coefficient (Wildman–Crippen LogP) is -0.522. The summed E-state index contributed by atoms with van der Waals surface area (Å²) >= 11 is 0. The molecule has 82 valence electrons. The highest BCUT2D eigenvalue weighted by Crippen LogP contribution is 2.25. The zero-order valence-electron chi connectivity index (χ0n) is 8.78. The molecule has 2 rings (SSSR count). The van der Waals surface area contributed by atoms with Crippen LogP contribution >= 0.6 is 0 Å². The van der Waals surface area contributed by atoms with Crippen molar-refractivity contribution in [1.82, 2.24) is 10.2 Å². The van der Waals surface area contributed by atoms with Gasteiger partial charge >= 0.3 is 0 Å². The summed E-state index contributed by atoms with van der Waals surface area (Å²) in [7, 11) is 2.04. The van der Waals surface area contributed by atoms with Gasteiger partial charge in [-0.15, -0.1) is 0 Å². The Kier molecular flexibility index (Phi) is 5.07. The maximum atomic E-state index is 9.57. The van der Waals surface area contributed by atoms with E-state index < -0.39 is 0 Å². The van der Waals surface area contributed by atoms with E-state index in [4.69, 9.17) is 5.11 Å². The number of rotatable bonds is 2. The lowest BCUT2D eigenvalue weighted by Gasteiger charge is -2.31. The van der Waals surface area contributed by atoms with E-state index in [-0.39, 0.29) is 6.61 Å². The number of carbonyl (C=O) groups excluding carboxylic acids is 1. The van der Waals surface area contributed by atoms with Crippen molar-refractivity contribution < 1.29 is 9.90 Å². The van der Waals surface area contributed by atoms with E-state index in [0.29, 0.717) is 12.0 Å². The van der Waals surface area contributed by atoms with Crippen LogP contribution in [0.4, 0.5) is 0 Å². The van der Waals surface area contributed by atoms with E-state index >= 15 is 0 Å². The molecule has 1 saturated heterocycles. The van der Waals surface area contributed by atoms with Gasteiger partial charge in [-0.1, -0.05) is 0 Å². The molecule has 1 atom stereocenters. The molecule has 2 fully saturated rings. The normalized spacial score (nSPS) is 27.7. The number of aliphatic hydroxyl groups is 1. The average molecular weight is 200 g/mol. The first-order chi connectivity index (χ1) is 6.77. The summed E-state index contributed by atoms with van der Waals surface area (Å²) in [4.78, 5) is 11.7. The number of piperazine rings is 1. The number of hydrogen-bond donors (Lipinski definition) is 2. The third-order valence-corrected chi connectivity index (χ3v) is 2.67. The van der Waals surface area contributed by atoms with E-state index in [1.54, 1.807) is 0 Å². The molecule has 0 spiro atoms. The van der Waals surface area contributed by atoms with Gasteiger partial charge in [0, 0.05) is 31.6 Å². The number of carbonyl (C=O) groups is 1. The Balaban J connectivity index is 0.000000165. The SMILES string of the molecule is CN1CCNCC1CO.O=CC1CC1. The van der Waals surface area contributed by atoms with Crippen molar-refractivity contribution in [2.24, 2.45) is 5.92 Å². The minimum Gasteiger partial charge on any atom is -0.395 e. The largest absolute Gasteiger partial charge is 0.395 e. The molecule has 0 amide bonds. The van der Waals surface area contributed by atoms with E-state index in [0.717, 1.165) is 38.8 Å². The Morgan fingerprint density at radius 1 is 1.57 bits per heavy atom. The highest BCUT2D eigenvalue weighted by atomic mass is 16.3. The van der Waals surface area contributed by atoms with Gasteiger partial charge in [-0.25, -0.2) is 0 Å². The van der Waals surface area contributed by atoms with Crippen LogP contribution in [0, 0.1) is 5.92 Å².